The quantitative estimate of drug-likeness (QED) is 0.908. The van der Waals surface area contributed by atoms with Crippen LogP contribution < -0.4 is 0 Å². The smallest absolute Gasteiger partial charge is 0.257 e. The number of carbonyl (C=O) groups excluding carboxylic acids is 2. The minimum atomic E-state index is -0.0210. The monoisotopic (exact) mass is 338 g/mol. The Morgan fingerprint density at radius 3 is 2.72 bits per heavy atom. The molecule has 1 unspecified atom stereocenters. The van der Waals surface area contributed by atoms with Crippen molar-refractivity contribution in [3.05, 3.63) is 53.3 Å². The molecule has 1 aliphatic carbocycles. The number of nitrogens with zero attached hydrogens (tertiary/aromatic N) is 3. The standard InChI is InChI=1S/C19H22N4O2/c24-18(15-12-20-21-13-15)22-8-3-9-23(11-10-22)19(25)17-7-6-14-4-1-2-5-16(14)17/h1-2,4-5,12-13,17H,3,6-11H2,(H,20,21). The second-order valence-electron chi connectivity index (χ2n) is 6.75. The van der Waals surface area contributed by atoms with Gasteiger partial charge in [-0.05, 0) is 30.4 Å². The number of aromatic nitrogens is 2. The van der Waals surface area contributed by atoms with Crippen molar-refractivity contribution in [1.82, 2.24) is 20.0 Å². The van der Waals surface area contributed by atoms with Gasteiger partial charge in [0.25, 0.3) is 5.91 Å². The van der Waals surface area contributed by atoms with Gasteiger partial charge >= 0.3 is 0 Å². The van der Waals surface area contributed by atoms with Crippen LogP contribution in [0.15, 0.2) is 36.7 Å². The first-order chi connectivity index (χ1) is 12.2. The molecule has 2 amide bonds. The lowest BCUT2D eigenvalue weighted by Gasteiger charge is -2.25. The molecule has 0 saturated carbocycles. The van der Waals surface area contributed by atoms with Crippen LogP contribution in [-0.4, -0.2) is 58.0 Å². The van der Waals surface area contributed by atoms with E-state index in [9.17, 15) is 9.59 Å². The first kappa shape index (κ1) is 15.9. The highest BCUT2D eigenvalue weighted by Crippen LogP contribution is 2.34. The van der Waals surface area contributed by atoms with E-state index in [4.69, 9.17) is 0 Å². The minimum Gasteiger partial charge on any atom is -0.340 e. The van der Waals surface area contributed by atoms with Crippen molar-refractivity contribution in [3.63, 3.8) is 0 Å². The second kappa shape index (κ2) is 6.70. The Bertz CT molecular complexity index is 771. The molecule has 25 heavy (non-hydrogen) atoms. The highest BCUT2D eigenvalue weighted by Gasteiger charge is 2.32. The van der Waals surface area contributed by atoms with E-state index in [1.807, 2.05) is 21.9 Å². The van der Waals surface area contributed by atoms with Gasteiger partial charge in [-0.25, -0.2) is 0 Å². The van der Waals surface area contributed by atoms with Gasteiger partial charge in [0.2, 0.25) is 5.91 Å². The number of aryl methyl sites for hydroxylation is 1. The molecule has 0 radical (unpaired) electrons. The van der Waals surface area contributed by atoms with Crippen molar-refractivity contribution in [2.24, 2.45) is 0 Å². The summed E-state index contributed by atoms with van der Waals surface area (Å²) >= 11 is 0. The summed E-state index contributed by atoms with van der Waals surface area (Å²) in [4.78, 5) is 29.3. The van der Waals surface area contributed by atoms with Crippen molar-refractivity contribution in [2.75, 3.05) is 26.2 Å². The fraction of sp³-hybridized carbons (Fsp3) is 0.421. The molecule has 1 atom stereocenters. The third kappa shape index (κ3) is 3.04. The Kier molecular flexibility index (Phi) is 4.26. The van der Waals surface area contributed by atoms with Gasteiger partial charge in [-0.2, -0.15) is 5.10 Å². The van der Waals surface area contributed by atoms with Crippen LogP contribution in [0.25, 0.3) is 0 Å². The molecule has 1 saturated heterocycles. The first-order valence-electron chi connectivity index (χ1n) is 8.88. The van der Waals surface area contributed by atoms with Gasteiger partial charge in [0.05, 0.1) is 17.7 Å². The molecule has 0 spiro atoms. The molecule has 6 heteroatoms. The molecule has 2 aliphatic rings. The predicted octanol–water partition coefficient (Wildman–Crippen LogP) is 1.81. The average Bonchev–Trinajstić information content (AvgIpc) is 3.25. The van der Waals surface area contributed by atoms with E-state index in [2.05, 4.69) is 22.3 Å². The molecule has 1 N–H and O–H groups in total. The number of amides is 2. The summed E-state index contributed by atoms with van der Waals surface area (Å²) in [6.07, 6.45) is 5.85. The predicted molar refractivity (Wildman–Crippen MR) is 93.2 cm³/mol. The Labute approximate surface area is 146 Å². The molecule has 6 nitrogen and oxygen atoms in total. The zero-order valence-electron chi connectivity index (χ0n) is 14.1. The Morgan fingerprint density at radius 2 is 1.88 bits per heavy atom. The highest BCUT2D eigenvalue weighted by molar-refractivity contribution is 5.93. The third-order valence-corrected chi connectivity index (χ3v) is 5.27. The molecule has 4 rings (SSSR count). The van der Waals surface area contributed by atoms with Crippen LogP contribution in [0.1, 0.15) is 40.2 Å². The van der Waals surface area contributed by atoms with Crippen LogP contribution in [-0.2, 0) is 11.2 Å². The van der Waals surface area contributed by atoms with E-state index < -0.39 is 0 Å². The maximum absolute atomic E-state index is 13.0. The lowest BCUT2D eigenvalue weighted by atomic mass is 10.00. The van der Waals surface area contributed by atoms with Crippen molar-refractivity contribution < 1.29 is 9.59 Å². The number of rotatable bonds is 2. The summed E-state index contributed by atoms with van der Waals surface area (Å²) in [7, 11) is 0. The molecular weight excluding hydrogens is 316 g/mol. The van der Waals surface area contributed by atoms with Crippen LogP contribution in [0.2, 0.25) is 0 Å². The third-order valence-electron chi connectivity index (χ3n) is 5.27. The van der Waals surface area contributed by atoms with E-state index in [0.29, 0.717) is 31.7 Å². The van der Waals surface area contributed by atoms with Gasteiger partial charge in [-0.15, -0.1) is 0 Å². The van der Waals surface area contributed by atoms with E-state index in [1.165, 1.54) is 11.1 Å². The number of hydrogen-bond acceptors (Lipinski definition) is 3. The summed E-state index contributed by atoms with van der Waals surface area (Å²) < 4.78 is 0. The van der Waals surface area contributed by atoms with Gasteiger partial charge in [-0.1, -0.05) is 24.3 Å². The summed E-state index contributed by atoms with van der Waals surface area (Å²) in [5.74, 6) is 0.171. The van der Waals surface area contributed by atoms with E-state index in [1.54, 1.807) is 12.4 Å². The molecule has 1 aromatic heterocycles. The SMILES string of the molecule is O=C(c1cn[nH]c1)N1CCCN(C(=O)C2CCc3ccccc32)CC1. The van der Waals surface area contributed by atoms with Crippen molar-refractivity contribution in [3.8, 4) is 0 Å². The lowest BCUT2D eigenvalue weighted by molar-refractivity contribution is -0.132. The van der Waals surface area contributed by atoms with Crippen LogP contribution in [0.4, 0.5) is 0 Å². The van der Waals surface area contributed by atoms with Gasteiger partial charge < -0.3 is 9.80 Å². The Balaban J connectivity index is 1.43. The number of fused-ring (bicyclic) bond motifs is 1. The number of H-pyrrole nitrogens is 1. The van der Waals surface area contributed by atoms with Crippen LogP contribution >= 0.6 is 0 Å². The largest absolute Gasteiger partial charge is 0.340 e. The number of hydrogen-bond donors (Lipinski definition) is 1. The van der Waals surface area contributed by atoms with Crippen LogP contribution in [0, 0.1) is 0 Å². The van der Waals surface area contributed by atoms with Crippen LogP contribution in [0.5, 0.6) is 0 Å². The van der Waals surface area contributed by atoms with Crippen molar-refractivity contribution in [2.45, 2.75) is 25.2 Å². The van der Waals surface area contributed by atoms with Gasteiger partial charge in [0, 0.05) is 32.4 Å². The molecule has 2 heterocycles. The maximum Gasteiger partial charge on any atom is 0.257 e. The summed E-state index contributed by atoms with van der Waals surface area (Å²) in [6.45, 7) is 2.56. The fourth-order valence-electron chi connectivity index (χ4n) is 3.93. The molecule has 0 bridgehead atoms. The van der Waals surface area contributed by atoms with Crippen LogP contribution in [0.3, 0.4) is 0 Å². The zero-order chi connectivity index (χ0) is 17.2. The molecular formula is C19H22N4O2. The van der Waals surface area contributed by atoms with Crippen molar-refractivity contribution in [1.29, 1.82) is 0 Å². The van der Waals surface area contributed by atoms with Gasteiger partial charge in [0.15, 0.2) is 0 Å². The average molecular weight is 338 g/mol. The van der Waals surface area contributed by atoms with E-state index >= 15 is 0 Å². The number of carbonyl (C=O) groups is 2. The molecule has 2 aromatic rings. The number of aromatic amines is 1. The maximum atomic E-state index is 13.0. The Hall–Kier alpha value is -2.63. The number of benzene rings is 1. The molecule has 130 valence electrons. The summed E-state index contributed by atoms with van der Waals surface area (Å²) in [6, 6.07) is 8.25. The topological polar surface area (TPSA) is 69.3 Å². The zero-order valence-corrected chi connectivity index (χ0v) is 14.1. The van der Waals surface area contributed by atoms with E-state index in [-0.39, 0.29) is 17.7 Å². The Morgan fingerprint density at radius 1 is 1.08 bits per heavy atom. The first-order valence-corrected chi connectivity index (χ1v) is 8.88. The minimum absolute atomic E-state index is 0.0192. The van der Waals surface area contributed by atoms with Gasteiger partial charge in [0.1, 0.15) is 0 Å². The second-order valence-corrected chi connectivity index (χ2v) is 6.75. The summed E-state index contributed by atoms with van der Waals surface area (Å²) in [5, 5.41) is 6.52. The van der Waals surface area contributed by atoms with Gasteiger partial charge in [-0.3, -0.25) is 14.7 Å². The highest BCUT2D eigenvalue weighted by atomic mass is 16.2. The normalized spacial score (nSPS) is 20.2. The molecule has 1 fully saturated rings. The molecule has 1 aromatic carbocycles. The number of nitrogens with one attached hydrogen (secondary N) is 1. The molecule has 1 aliphatic heterocycles. The fourth-order valence-corrected chi connectivity index (χ4v) is 3.93. The van der Waals surface area contributed by atoms with Crippen molar-refractivity contribution >= 4 is 11.8 Å². The van der Waals surface area contributed by atoms with E-state index in [0.717, 1.165) is 19.3 Å². The summed E-state index contributed by atoms with van der Waals surface area (Å²) in [5.41, 5.74) is 3.06. The lowest BCUT2D eigenvalue weighted by Crippen LogP contribution is -2.39.